The first kappa shape index (κ1) is 26.0. The molecular formula is C24H28ClN5O5S2. The maximum atomic E-state index is 13.2. The van der Waals surface area contributed by atoms with Gasteiger partial charge < -0.3 is 19.5 Å². The number of hydrogen-bond donors (Lipinski definition) is 1. The highest BCUT2D eigenvalue weighted by Crippen LogP contribution is 2.28. The Kier molecular flexibility index (Phi) is 6.71. The van der Waals surface area contributed by atoms with E-state index in [1.165, 1.54) is 15.6 Å². The van der Waals surface area contributed by atoms with E-state index in [0.717, 1.165) is 16.0 Å². The van der Waals surface area contributed by atoms with Gasteiger partial charge in [0.2, 0.25) is 0 Å². The third kappa shape index (κ3) is 5.33. The highest BCUT2D eigenvalue weighted by molar-refractivity contribution is 7.89. The fourth-order valence-corrected chi connectivity index (χ4v) is 7.10. The molecule has 198 valence electrons. The highest BCUT2D eigenvalue weighted by atomic mass is 35.5. The van der Waals surface area contributed by atoms with E-state index in [9.17, 15) is 18.0 Å². The second-order valence-corrected chi connectivity index (χ2v) is 13.5. The van der Waals surface area contributed by atoms with E-state index in [4.69, 9.17) is 16.3 Å². The van der Waals surface area contributed by atoms with Crippen LogP contribution in [0, 0.1) is 0 Å². The summed E-state index contributed by atoms with van der Waals surface area (Å²) in [6.07, 6.45) is 0.176. The van der Waals surface area contributed by atoms with Gasteiger partial charge in [-0.25, -0.2) is 18.2 Å². The first-order valence-corrected chi connectivity index (χ1v) is 14.6. The van der Waals surface area contributed by atoms with E-state index in [0.29, 0.717) is 35.1 Å². The molecule has 1 saturated heterocycles. The van der Waals surface area contributed by atoms with Crippen LogP contribution in [0.2, 0.25) is 5.02 Å². The van der Waals surface area contributed by atoms with Crippen LogP contribution < -0.4 is 0 Å². The zero-order valence-corrected chi connectivity index (χ0v) is 23.2. The number of thiazole rings is 1. The van der Waals surface area contributed by atoms with Crippen LogP contribution in [0.3, 0.4) is 0 Å². The molecule has 0 radical (unpaired) electrons. The van der Waals surface area contributed by atoms with Crippen molar-refractivity contribution in [3.05, 3.63) is 44.9 Å². The average Bonchev–Trinajstić information content (AvgIpc) is 3.46. The minimum absolute atomic E-state index is 0.103. The summed E-state index contributed by atoms with van der Waals surface area (Å²) in [5, 5.41) is 1.72. The molecule has 1 aromatic carbocycles. The summed E-state index contributed by atoms with van der Waals surface area (Å²) in [7, 11) is -3.75. The summed E-state index contributed by atoms with van der Waals surface area (Å²) in [4.78, 5) is 37.3. The van der Waals surface area contributed by atoms with E-state index >= 15 is 0 Å². The van der Waals surface area contributed by atoms with E-state index < -0.39 is 15.6 Å². The number of carbonyl (C=O) groups excluding carboxylic acids is 2. The number of amides is 2. The number of H-pyrrole nitrogens is 1. The number of halogens is 1. The first-order chi connectivity index (χ1) is 17.4. The van der Waals surface area contributed by atoms with Gasteiger partial charge in [-0.05, 0) is 45.0 Å². The van der Waals surface area contributed by atoms with Crippen molar-refractivity contribution < 1.29 is 22.7 Å². The number of nitrogens with one attached hydrogen (secondary N) is 1. The number of nitrogens with zero attached hydrogens (tertiary/aromatic N) is 4. The minimum Gasteiger partial charge on any atom is -0.444 e. The van der Waals surface area contributed by atoms with Gasteiger partial charge in [0.05, 0.1) is 12.2 Å². The highest BCUT2D eigenvalue weighted by Gasteiger charge is 2.34. The van der Waals surface area contributed by atoms with Crippen molar-refractivity contribution in [3.8, 4) is 0 Å². The number of aromatic amines is 1. The Hall–Kier alpha value is -2.67. The minimum atomic E-state index is -3.75. The smallest absolute Gasteiger partial charge is 0.410 e. The molecule has 2 aliphatic rings. The van der Waals surface area contributed by atoms with Crippen molar-refractivity contribution >= 4 is 55.9 Å². The van der Waals surface area contributed by atoms with Gasteiger partial charge in [0.25, 0.3) is 15.9 Å². The summed E-state index contributed by atoms with van der Waals surface area (Å²) in [5.41, 5.74) is 0.937. The van der Waals surface area contributed by atoms with E-state index in [1.54, 1.807) is 34.1 Å². The molecule has 0 bridgehead atoms. The number of carbonyl (C=O) groups is 2. The summed E-state index contributed by atoms with van der Waals surface area (Å²) >= 11 is 7.31. The van der Waals surface area contributed by atoms with Crippen LogP contribution in [-0.2, 0) is 27.7 Å². The number of ether oxygens (including phenoxy) is 1. The van der Waals surface area contributed by atoms with Crippen LogP contribution in [0.25, 0.3) is 10.9 Å². The molecule has 13 heteroatoms. The molecular weight excluding hydrogens is 538 g/mol. The first-order valence-electron chi connectivity index (χ1n) is 11.9. The summed E-state index contributed by atoms with van der Waals surface area (Å²) in [6, 6.07) is 6.73. The Bertz CT molecular complexity index is 1470. The fourth-order valence-electron chi connectivity index (χ4n) is 4.39. The molecule has 5 rings (SSSR count). The van der Waals surface area contributed by atoms with Crippen molar-refractivity contribution in [2.75, 3.05) is 32.7 Å². The lowest BCUT2D eigenvalue weighted by atomic mass is 10.2. The number of aromatic nitrogens is 2. The molecule has 1 fully saturated rings. The summed E-state index contributed by atoms with van der Waals surface area (Å²) in [6.45, 7) is 7.20. The normalized spacial score (nSPS) is 17.2. The quantitative estimate of drug-likeness (QED) is 0.517. The fraction of sp³-hybridized carbons (Fsp3) is 0.458. The second kappa shape index (κ2) is 9.57. The van der Waals surface area contributed by atoms with Crippen molar-refractivity contribution in [1.82, 2.24) is 24.1 Å². The predicted molar refractivity (Wildman–Crippen MR) is 140 cm³/mol. The van der Waals surface area contributed by atoms with Gasteiger partial charge in [-0.2, -0.15) is 4.31 Å². The maximum Gasteiger partial charge on any atom is 0.410 e. The van der Waals surface area contributed by atoms with Crippen LogP contribution in [0.15, 0.2) is 29.3 Å². The zero-order valence-electron chi connectivity index (χ0n) is 20.8. The second-order valence-electron chi connectivity index (χ2n) is 10.1. The number of benzene rings is 1. The monoisotopic (exact) mass is 565 g/mol. The molecule has 37 heavy (non-hydrogen) atoms. The molecule has 1 N–H and O–H groups in total. The van der Waals surface area contributed by atoms with E-state index in [-0.39, 0.29) is 43.2 Å². The molecule has 2 amide bonds. The van der Waals surface area contributed by atoms with Gasteiger partial charge in [-0.1, -0.05) is 11.6 Å². The molecule has 0 saturated carbocycles. The van der Waals surface area contributed by atoms with Crippen LogP contribution in [0.5, 0.6) is 0 Å². The third-order valence-corrected chi connectivity index (χ3v) is 9.39. The lowest BCUT2D eigenvalue weighted by molar-refractivity contribution is 0.0225. The Morgan fingerprint density at radius 2 is 1.81 bits per heavy atom. The van der Waals surface area contributed by atoms with Crippen LogP contribution in [0.1, 0.15) is 41.1 Å². The molecule has 0 unspecified atom stereocenters. The molecule has 2 aromatic heterocycles. The lowest BCUT2D eigenvalue weighted by Crippen LogP contribution is -2.50. The molecule has 0 spiro atoms. The standard InChI is InChI=1S/C24H28ClN5O5S2/c1-24(2,3)35-23(32)29-7-6-18-19(14-29)36-21(27-18)22(31)28-8-10-30(11-9-28)37(33,34)20-13-15-12-16(25)4-5-17(15)26-20/h4-5,12-13,26H,6-11,14H2,1-3H3. The van der Waals surface area contributed by atoms with Crippen molar-refractivity contribution in [1.29, 1.82) is 0 Å². The largest absolute Gasteiger partial charge is 0.444 e. The van der Waals surface area contributed by atoms with E-state index in [2.05, 4.69) is 9.97 Å². The number of rotatable bonds is 3. The number of fused-ring (bicyclic) bond motifs is 2. The van der Waals surface area contributed by atoms with Gasteiger partial charge in [0.15, 0.2) is 5.01 Å². The molecule has 3 aromatic rings. The zero-order chi connectivity index (χ0) is 26.5. The van der Waals surface area contributed by atoms with Crippen molar-refractivity contribution in [2.45, 2.75) is 44.4 Å². The number of hydrogen-bond acceptors (Lipinski definition) is 7. The van der Waals surface area contributed by atoms with Crippen LogP contribution >= 0.6 is 22.9 Å². The summed E-state index contributed by atoms with van der Waals surface area (Å²) < 4.78 is 33.2. The lowest BCUT2D eigenvalue weighted by Gasteiger charge is -2.33. The van der Waals surface area contributed by atoms with Crippen molar-refractivity contribution in [3.63, 3.8) is 0 Å². The van der Waals surface area contributed by atoms with Gasteiger partial charge in [-0.15, -0.1) is 11.3 Å². The average molecular weight is 566 g/mol. The van der Waals surface area contributed by atoms with E-state index in [1.807, 2.05) is 20.8 Å². The van der Waals surface area contributed by atoms with Crippen molar-refractivity contribution in [2.24, 2.45) is 0 Å². The van der Waals surface area contributed by atoms with Gasteiger partial charge in [0, 0.05) is 59.9 Å². The molecule has 0 atom stereocenters. The van der Waals surface area contributed by atoms with Crippen LogP contribution in [0.4, 0.5) is 4.79 Å². The molecule has 2 aliphatic heterocycles. The number of piperazine rings is 1. The number of sulfonamides is 1. The Morgan fingerprint density at radius 1 is 1.08 bits per heavy atom. The SMILES string of the molecule is CC(C)(C)OC(=O)N1CCc2nc(C(=O)N3CCN(S(=O)(=O)c4cc5cc(Cl)ccc5[nH]4)CC3)sc2C1. The molecule has 0 aliphatic carbocycles. The van der Waals surface area contributed by atoms with Gasteiger partial charge in [-0.3, -0.25) is 4.79 Å². The summed E-state index contributed by atoms with van der Waals surface area (Å²) in [5.74, 6) is -0.222. The third-order valence-electron chi connectivity index (χ3n) is 6.27. The predicted octanol–water partition coefficient (Wildman–Crippen LogP) is 3.72. The topological polar surface area (TPSA) is 116 Å². The maximum absolute atomic E-state index is 13.2. The Balaban J connectivity index is 1.23. The van der Waals surface area contributed by atoms with Gasteiger partial charge in [0.1, 0.15) is 10.6 Å². The van der Waals surface area contributed by atoms with Gasteiger partial charge >= 0.3 is 6.09 Å². The Morgan fingerprint density at radius 3 is 2.51 bits per heavy atom. The molecule has 4 heterocycles. The Labute approximate surface area is 224 Å². The molecule has 10 nitrogen and oxygen atoms in total. The van der Waals surface area contributed by atoms with Crippen LogP contribution in [-0.4, -0.2) is 82.8 Å².